The van der Waals surface area contributed by atoms with Crippen LogP contribution in [0.25, 0.3) is 0 Å². The van der Waals surface area contributed by atoms with E-state index >= 15 is 0 Å². The molecule has 2 saturated heterocycles. The van der Waals surface area contributed by atoms with E-state index in [0.717, 1.165) is 57.3 Å². The van der Waals surface area contributed by atoms with Gasteiger partial charge in [0, 0.05) is 32.6 Å². The highest BCUT2D eigenvalue weighted by atomic mass is 19.4. The van der Waals surface area contributed by atoms with Gasteiger partial charge in [0.05, 0.1) is 22.9 Å². The van der Waals surface area contributed by atoms with Gasteiger partial charge in [0.2, 0.25) is 11.8 Å². The number of nitrogens with zero attached hydrogens (tertiary/aromatic N) is 2. The van der Waals surface area contributed by atoms with Crippen LogP contribution in [0, 0.1) is 11.8 Å². The van der Waals surface area contributed by atoms with Crippen LogP contribution in [0.4, 0.5) is 24.5 Å². The molecular formula is C21H26F3N3O2. The Morgan fingerprint density at radius 3 is 2.52 bits per heavy atom. The van der Waals surface area contributed by atoms with Crippen LogP contribution in [0.5, 0.6) is 0 Å². The zero-order valence-corrected chi connectivity index (χ0v) is 16.3. The molecule has 2 heterocycles. The zero-order chi connectivity index (χ0) is 20.6. The number of hydrogen-bond donors (Lipinski definition) is 1. The van der Waals surface area contributed by atoms with Crippen LogP contribution in [0.2, 0.25) is 0 Å². The highest BCUT2D eigenvalue weighted by Crippen LogP contribution is 2.37. The molecule has 1 aromatic carbocycles. The van der Waals surface area contributed by atoms with Crippen molar-refractivity contribution in [2.24, 2.45) is 11.8 Å². The summed E-state index contributed by atoms with van der Waals surface area (Å²) in [5, 5.41) is 2.71. The molecule has 4 rings (SSSR count). The Bertz CT molecular complexity index is 786. The van der Waals surface area contributed by atoms with E-state index in [2.05, 4.69) is 5.32 Å². The van der Waals surface area contributed by atoms with Gasteiger partial charge in [-0.15, -0.1) is 0 Å². The van der Waals surface area contributed by atoms with Crippen LogP contribution in [-0.2, 0) is 15.8 Å². The number of likely N-dealkylation sites (tertiary alicyclic amines) is 1. The molecule has 0 spiro atoms. The largest absolute Gasteiger partial charge is 0.416 e. The molecule has 1 atom stereocenters. The maximum absolute atomic E-state index is 13.2. The van der Waals surface area contributed by atoms with Crippen LogP contribution in [0.1, 0.15) is 44.1 Å². The first-order chi connectivity index (χ1) is 13.8. The smallest absolute Gasteiger partial charge is 0.370 e. The minimum atomic E-state index is -4.48. The van der Waals surface area contributed by atoms with Crippen molar-refractivity contribution in [1.29, 1.82) is 0 Å². The van der Waals surface area contributed by atoms with E-state index in [-0.39, 0.29) is 23.9 Å². The first-order valence-electron chi connectivity index (χ1n) is 10.4. The number of amides is 2. The first kappa shape index (κ1) is 20.0. The van der Waals surface area contributed by atoms with Crippen LogP contribution in [0.15, 0.2) is 18.2 Å². The van der Waals surface area contributed by atoms with E-state index in [1.54, 1.807) is 4.90 Å². The van der Waals surface area contributed by atoms with Crippen LogP contribution in [0.3, 0.4) is 0 Å². The van der Waals surface area contributed by atoms with Gasteiger partial charge in [-0.05, 0) is 56.2 Å². The molecule has 0 radical (unpaired) electrons. The van der Waals surface area contributed by atoms with Crippen molar-refractivity contribution in [2.45, 2.75) is 44.7 Å². The summed E-state index contributed by atoms with van der Waals surface area (Å²) >= 11 is 0. The fourth-order valence-electron chi connectivity index (χ4n) is 4.19. The Hall–Kier alpha value is -2.25. The minimum Gasteiger partial charge on any atom is -0.370 e. The van der Waals surface area contributed by atoms with Crippen LogP contribution in [-0.4, -0.2) is 42.9 Å². The Labute approximate surface area is 168 Å². The highest BCUT2D eigenvalue weighted by Gasteiger charge is 2.38. The minimum absolute atomic E-state index is 0.0441. The van der Waals surface area contributed by atoms with Gasteiger partial charge in [0.25, 0.3) is 0 Å². The lowest BCUT2D eigenvalue weighted by molar-refractivity contribution is -0.137. The molecule has 29 heavy (non-hydrogen) atoms. The SMILES string of the molecule is O=C(Nc1cc(C(F)(F)F)ccc1N1CCCCC1)C1CC(=O)N(CC2CC2)C1. The fourth-order valence-corrected chi connectivity index (χ4v) is 4.19. The van der Waals surface area contributed by atoms with Gasteiger partial charge in [-0.1, -0.05) is 0 Å². The fraction of sp³-hybridized carbons (Fsp3) is 0.619. The van der Waals surface area contributed by atoms with E-state index in [4.69, 9.17) is 0 Å². The molecule has 3 fully saturated rings. The normalized spacial score (nSPS) is 22.9. The van der Waals surface area contributed by atoms with Crippen molar-refractivity contribution >= 4 is 23.2 Å². The average Bonchev–Trinajstić information content (AvgIpc) is 3.43. The predicted octanol–water partition coefficient (Wildman–Crippen LogP) is 3.89. The standard InChI is InChI=1S/C21H26F3N3O2/c22-21(23,24)16-6-7-18(26-8-2-1-3-9-26)17(11-16)25-20(29)15-10-19(28)27(13-15)12-14-4-5-14/h6-7,11,14-15H,1-5,8-10,12-13H2,(H,25,29). The molecule has 2 amide bonds. The molecule has 1 aromatic rings. The number of nitrogens with one attached hydrogen (secondary N) is 1. The average molecular weight is 409 g/mol. The zero-order valence-electron chi connectivity index (χ0n) is 16.3. The topological polar surface area (TPSA) is 52.7 Å². The number of carbonyl (C=O) groups excluding carboxylic acids is 2. The van der Waals surface area contributed by atoms with Crippen LogP contribution < -0.4 is 10.2 Å². The third-order valence-electron chi connectivity index (χ3n) is 6.04. The Morgan fingerprint density at radius 1 is 1.14 bits per heavy atom. The van der Waals surface area contributed by atoms with Gasteiger partial charge in [0.15, 0.2) is 0 Å². The quantitative estimate of drug-likeness (QED) is 0.803. The van der Waals surface area contributed by atoms with Crippen molar-refractivity contribution in [3.8, 4) is 0 Å². The number of benzene rings is 1. The predicted molar refractivity (Wildman–Crippen MR) is 104 cm³/mol. The number of piperidine rings is 1. The lowest BCUT2D eigenvalue weighted by Gasteiger charge is -2.31. The van der Waals surface area contributed by atoms with Crippen LogP contribution >= 0.6 is 0 Å². The summed E-state index contributed by atoms with van der Waals surface area (Å²) in [6.07, 6.45) is 0.915. The third-order valence-corrected chi connectivity index (χ3v) is 6.04. The van der Waals surface area contributed by atoms with Crippen molar-refractivity contribution in [2.75, 3.05) is 36.4 Å². The second-order valence-corrected chi connectivity index (χ2v) is 8.41. The number of carbonyl (C=O) groups is 2. The molecule has 5 nitrogen and oxygen atoms in total. The van der Waals surface area contributed by atoms with Crippen molar-refractivity contribution in [3.05, 3.63) is 23.8 Å². The molecule has 1 unspecified atom stereocenters. The molecule has 0 aromatic heterocycles. The Balaban J connectivity index is 1.52. The van der Waals surface area contributed by atoms with E-state index < -0.39 is 17.7 Å². The number of halogens is 3. The molecule has 0 bridgehead atoms. The lowest BCUT2D eigenvalue weighted by atomic mass is 10.1. The monoisotopic (exact) mass is 409 g/mol. The first-order valence-corrected chi connectivity index (χ1v) is 10.4. The molecule has 158 valence electrons. The summed E-state index contributed by atoms with van der Waals surface area (Å²) in [5.41, 5.74) is 0.0106. The van der Waals surface area contributed by atoms with Gasteiger partial charge < -0.3 is 15.1 Å². The Morgan fingerprint density at radius 2 is 1.86 bits per heavy atom. The van der Waals surface area contributed by atoms with Gasteiger partial charge in [0.1, 0.15) is 0 Å². The van der Waals surface area contributed by atoms with E-state index in [1.165, 1.54) is 6.07 Å². The number of hydrogen-bond acceptors (Lipinski definition) is 3. The van der Waals surface area contributed by atoms with Gasteiger partial charge in [-0.2, -0.15) is 13.2 Å². The number of anilines is 2. The molecule has 8 heteroatoms. The summed E-state index contributed by atoms with van der Waals surface area (Å²) < 4.78 is 39.7. The molecule has 1 saturated carbocycles. The number of rotatable bonds is 5. The van der Waals surface area contributed by atoms with Gasteiger partial charge in [-0.25, -0.2) is 0 Å². The van der Waals surface area contributed by atoms with Gasteiger partial charge in [-0.3, -0.25) is 9.59 Å². The lowest BCUT2D eigenvalue weighted by Crippen LogP contribution is -2.32. The van der Waals surface area contributed by atoms with Crippen molar-refractivity contribution < 1.29 is 22.8 Å². The van der Waals surface area contributed by atoms with E-state index in [9.17, 15) is 22.8 Å². The molecule has 3 aliphatic rings. The highest BCUT2D eigenvalue weighted by molar-refractivity contribution is 5.99. The second kappa shape index (κ2) is 7.88. The van der Waals surface area contributed by atoms with Crippen molar-refractivity contribution in [1.82, 2.24) is 4.90 Å². The maximum Gasteiger partial charge on any atom is 0.416 e. The summed E-state index contributed by atoms with van der Waals surface area (Å²) in [4.78, 5) is 28.8. The summed E-state index contributed by atoms with van der Waals surface area (Å²) in [5.74, 6) is -0.411. The second-order valence-electron chi connectivity index (χ2n) is 8.41. The summed E-state index contributed by atoms with van der Waals surface area (Å²) in [6, 6.07) is 3.53. The van der Waals surface area contributed by atoms with E-state index in [1.807, 2.05) is 4.90 Å². The molecule has 1 N–H and O–H groups in total. The maximum atomic E-state index is 13.2. The summed E-state index contributed by atoms with van der Waals surface area (Å²) in [7, 11) is 0. The molecule has 2 aliphatic heterocycles. The summed E-state index contributed by atoms with van der Waals surface area (Å²) in [6.45, 7) is 2.54. The van der Waals surface area contributed by atoms with E-state index in [0.29, 0.717) is 24.7 Å². The molecule has 1 aliphatic carbocycles. The van der Waals surface area contributed by atoms with Gasteiger partial charge >= 0.3 is 6.18 Å². The van der Waals surface area contributed by atoms with Crippen molar-refractivity contribution in [3.63, 3.8) is 0 Å². The molecular weight excluding hydrogens is 383 g/mol. The number of alkyl halides is 3. The third kappa shape index (κ3) is 4.67. The Kier molecular flexibility index (Phi) is 5.44.